The lowest BCUT2D eigenvalue weighted by molar-refractivity contribution is -0.132. The van der Waals surface area contributed by atoms with Crippen LogP contribution in [0.1, 0.15) is 29.2 Å². The molecule has 2 aromatic carbocycles. The van der Waals surface area contributed by atoms with E-state index in [1.54, 1.807) is 37.3 Å². The third-order valence-corrected chi connectivity index (χ3v) is 3.90. The van der Waals surface area contributed by atoms with Crippen molar-refractivity contribution in [2.45, 2.75) is 20.5 Å². The van der Waals surface area contributed by atoms with E-state index in [9.17, 15) is 9.18 Å². The minimum atomic E-state index is -0.630. The van der Waals surface area contributed by atoms with Crippen LogP contribution in [0.5, 0.6) is 0 Å². The van der Waals surface area contributed by atoms with Crippen LogP contribution < -0.4 is 0 Å². The Morgan fingerprint density at radius 3 is 2.41 bits per heavy atom. The fraction of sp³-hybridized carbons (Fsp3) is 0.250. The molecule has 0 unspecified atom stereocenters. The van der Waals surface area contributed by atoms with Crippen LogP contribution in [0.3, 0.4) is 0 Å². The van der Waals surface area contributed by atoms with Gasteiger partial charge in [0, 0.05) is 16.7 Å². The first-order chi connectivity index (χ1) is 13.0. The van der Waals surface area contributed by atoms with Gasteiger partial charge in [-0.15, -0.1) is 0 Å². The molecule has 7 heteroatoms. The van der Waals surface area contributed by atoms with Gasteiger partial charge in [0.15, 0.2) is 5.71 Å². The van der Waals surface area contributed by atoms with Crippen molar-refractivity contribution in [3.8, 4) is 0 Å². The van der Waals surface area contributed by atoms with Gasteiger partial charge in [-0.1, -0.05) is 46.7 Å². The number of hydrogen-bond acceptors (Lipinski definition) is 6. The van der Waals surface area contributed by atoms with Crippen molar-refractivity contribution in [3.05, 3.63) is 70.5 Å². The SMILES string of the molecule is CO/N=C(/C(=O)OC)c1cccc(C)c1CO/N=C(\C)c1ccccc1F. The molecule has 0 aliphatic heterocycles. The Hall–Kier alpha value is -3.22. The highest BCUT2D eigenvalue weighted by Gasteiger charge is 2.20. The van der Waals surface area contributed by atoms with Gasteiger partial charge in [-0.3, -0.25) is 0 Å². The number of hydrogen-bond donors (Lipinski definition) is 0. The van der Waals surface area contributed by atoms with Crippen molar-refractivity contribution >= 4 is 17.4 Å². The average molecular weight is 372 g/mol. The number of carbonyl (C=O) groups excluding carboxylic acids is 1. The minimum absolute atomic E-state index is 0.0251. The molecule has 0 saturated heterocycles. The lowest BCUT2D eigenvalue weighted by Crippen LogP contribution is -2.20. The first-order valence-corrected chi connectivity index (χ1v) is 8.19. The summed E-state index contributed by atoms with van der Waals surface area (Å²) in [5.74, 6) is -1.01. The second kappa shape index (κ2) is 9.47. The number of carbonyl (C=O) groups is 1. The van der Waals surface area contributed by atoms with Crippen LogP contribution in [-0.4, -0.2) is 31.6 Å². The van der Waals surface area contributed by atoms with Crippen LogP contribution in [-0.2, 0) is 25.8 Å². The summed E-state index contributed by atoms with van der Waals surface area (Å²) in [6, 6.07) is 11.7. The summed E-state index contributed by atoms with van der Waals surface area (Å²) < 4.78 is 18.6. The highest BCUT2D eigenvalue weighted by Crippen LogP contribution is 2.18. The van der Waals surface area contributed by atoms with Crippen molar-refractivity contribution in [1.29, 1.82) is 0 Å². The van der Waals surface area contributed by atoms with Crippen molar-refractivity contribution in [3.63, 3.8) is 0 Å². The van der Waals surface area contributed by atoms with Gasteiger partial charge in [-0.25, -0.2) is 9.18 Å². The molecular formula is C20H21FN2O4. The van der Waals surface area contributed by atoms with E-state index in [4.69, 9.17) is 14.4 Å². The summed E-state index contributed by atoms with van der Waals surface area (Å²) in [7, 11) is 2.61. The fourth-order valence-electron chi connectivity index (χ4n) is 2.50. The van der Waals surface area contributed by atoms with E-state index in [1.807, 2.05) is 13.0 Å². The molecule has 0 aromatic heterocycles. The second-order valence-corrected chi connectivity index (χ2v) is 5.65. The predicted molar refractivity (Wildman–Crippen MR) is 100 cm³/mol. The molecule has 0 saturated carbocycles. The monoisotopic (exact) mass is 372 g/mol. The van der Waals surface area contributed by atoms with Crippen LogP contribution in [0.15, 0.2) is 52.8 Å². The van der Waals surface area contributed by atoms with Gasteiger partial charge in [-0.2, -0.15) is 0 Å². The van der Waals surface area contributed by atoms with Crippen LogP contribution in [0.25, 0.3) is 0 Å². The number of halogens is 1. The van der Waals surface area contributed by atoms with Crippen molar-refractivity contribution in [2.75, 3.05) is 14.2 Å². The van der Waals surface area contributed by atoms with Crippen LogP contribution in [0, 0.1) is 12.7 Å². The van der Waals surface area contributed by atoms with E-state index in [1.165, 1.54) is 20.3 Å². The first kappa shape index (κ1) is 20.1. The van der Waals surface area contributed by atoms with Crippen molar-refractivity contribution < 1.29 is 23.6 Å². The number of ether oxygens (including phenoxy) is 1. The highest BCUT2D eigenvalue weighted by atomic mass is 19.1. The van der Waals surface area contributed by atoms with E-state index in [2.05, 4.69) is 10.3 Å². The molecule has 2 rings (SSSR count). The number of oxime groups is 2. The summed E-state index contributed by atoms with van der Waals surface area (Å²) >= 11 is 0. The minimum Gasteiger partial charge on any atom is -0.464 e. The molecule has 27 heavy (non-hydrogen) atoms. The molecule has 2 aromatic rings. The quantitative estimate of drug-likeness (QED) is 0.423. The predicted octanol–water partition coefficient (Wildman–Crippen LogP) is 3.60. The number of esters is 1. The van der Waals surface area contributed by atoms with E-state index in [-0.39, 0.29) is 18.1 Å². The Morgan fingerprint density at radius 2 is 1.74 bits per heavy atom. The molecule has 0 amide bonds. The number of rotatable bonds is 7. The van der Waals surface area contributed by atoms with Crippen molar-refractivity contribution in [1.82, 2.24) is 0 Å². The summed E-state index contributed by atoms with van der Waals surface area (Å²) in [4.78, 5) is 22.2. The van der Waals surface area contributed by atoms with Gasteiger partial charge in [0.25, 0.3) is 0 Å². The molecule has 0 spiro atoms. The third-order valence-electron chi connectivity index (χ3n) is 3.90. The lowest BCUT2D eigenvalue weighted by atomic mass is 9.99. The molecule has 0 aliphatic rings. The van der Waals surface area contributed by atoms with Gasteiger partial charge < -0.3 is 14.4 Å². The third kappa shape index (κ3) is 4.91. The van der Waals surface area contributed by atoms with Crippen molar-refractivity contribution in [2.24, 2.45) is 10.3 Å². The Balaban J connectivity index is 2.29. The Bertz CT molecular complexity index is 878. The van der Waals surface area contributed by atoms with Gasteiger partial charge in [0.05, 0.1) is 12.8 Å². The van der Waals surface area contributed by atoms with Crippen LogP contribution in [0.2, 0.25) is 0 Å². The second-order valence-electron chi connectivity index (χ2n) is 5.65. The summed E-state index contributed by atoms with van der Waals surface area (Å²) in [6.45, 7) is 3.59. The number of nitrogens with zero attached hydrogens (tertiary/aromatic N) is 2. The van der Waals surface area contributed by atoms with E-state index < -0.39 is 5.97 Å². The normalized spacial score (nSPS) is 11.9. The summed E-state index contributed by atoms with van der Waals surface area (Å²) in [6.07, 6.45) is 0. The maximum atomic E-state index is 13.8. The highest BCUT2D eigenvalue weighted by molar-refractivity contribution is 6.43. The van der Waals surface area contributed by atoms with Crippen LogP contribution in [0.4, 0.5) is 4.39 Å². The van der Waals surface area contributed by atoms with Crippen LogP contribution >= 0.6 is 0 Å². The largest absolute Gasteiger partial charge is 0.464 e. The molecule has 0 heterocycles. The van der Waals surface area contributed by atoms with E-state index >= 15 is 0 Å². The molecule has 0 fully saturated rings. The molecular weight excluding hydrogens is 351 g/mol. The topological polar surface area (TPSA) is 69.5 Å². The zero-order valence-electron chi connectivity index (χ0n) is 15.7. The zero-order chi connectivity index (χ0) is 19.8. The fourth-order valence-corrected chi connectivity index (χ4v) is 2.50. The first-order valence-electron chi connectivity index (χ1n) is 8.19. The van der Waals surface area contributed by atoms with Gasteiger partial charge in [-0.05, 0) is 25.5 Å². The van der Waals surface area contributed by atoms with E-state index in [0.717, 1.165) is 5.56 Å². The average Bonchev–Trinajstić information content (AvgIpc) is 2.67. The Labute approximate surface area is 157 Å². The van der Waals surface area contributed by atoms with Gasteiger partial charge in [0.1, 0.15) is 19.5 Å². The molecule has 6 nitrogen and oxygen atoms in total. The van der Waals surface area contributed by atoms with E-state index in [0.29, 0.717) is 22.4 Å². The molecule has 0 atom stereocenters. The molecule has 0 aliphatic carbocycles. The lowest BCUT2D eigenvalue weighted by Gasteiger charge is -2.12. The summed E-state index contributed by atoms with van der Waals surface area (Å²) in [5.41, 5.74) is 2.88. The Morgan fingerprint density at radius 1 is 1.04 bits per heavy atom. The molecule has 0 radical (unpaired) electrons. The molecule has 0 N–H and O–H groups in total. The maximum Gasteiger partial charge on any atom is 0.360 e. The number of benzene rings is 2. The zero-order valence-corrected chi connectivity index (χ0v) is 15.7. The summed E-state index contributed by atoms with van der Waals surface area (Å²) in [5, 5.41) is 7.76. The Kier molecular flexibility index (Phi) is 7.05. The van der Waals surface area contributed by atoms with Gasteiger partial charge >= 0.3 is 5.97 Å². The smallest absolute Gasteiger partial charge is 0.360 e. The number of aryl methyl sites for hydroxylation is 1. The van der Waals surface area contributed by atoms with Gasteiger partial charge in [0.2, 0.25) is 0 Å². The number of methoxy groups -OCH3 is 1. The maximum absolute atomic E-state index is 13.8. The standard InChI is InChI=1S/C20H21FN2O4/c1-13-8-7-10-16(19(23-26-4)20(24)25-3)17(13)12-27-22-14(2)15-9-5-6-11-18(15)21/h5-11H,12H2,1-4H3/b22-14+,23-19+. The molecule has 142 valence electrons. The molecule has 0 bridgehead atoms.